The number of methoxy groups -OCH3 is 1. The summed E-state index contributed by atoms with van der Waals surface area (Å²) < 4.78 is 28.3. The molecule has 0 fully saturated rings. The standard InChI is InChI=1S/C13H14ClNO4S/c1-19-12-5-3-2-4-11(12)15(13(16)8-14)10-6-7-20(17,18)9-10/h2-7,10H,8-9H2,1H3/t10-/m1/s1. The summed E-state index contributed by atoms with van der Waals surface area (Å²) in [6.07, 6.45) is 1.49. The molecule has 20 heavy (non-hydrogen) atoms. The van der Waals surface area contributed by atoms with Crippen LogP contribution in [0.25, 0.3) is 0 Å². The number of rotatable bonds is 4. The lowest BCUT2D eigenvalue weighted by Gasteiger charge is -2.28. The van der Waals surface area contributed by atoms with Crippen LogP contribution in [0.5, 0.6) is 5.75 Å². The van der Waals surface area contributed by atoms with E-state index >= 15 is 0 Å². The number of carbonyl (C=O) groups excluding carboxylic acids is 1. The van der Waals surface area contributed by atoms with Crippen molar-refractivity contribution in [2.45, 2.75) is 6.04 Å². The van der Waals surface area contributed by atoms with Gasteiger partial charge in [-0.15, -0.1) is 11.6 Å². The van der Waals surface area contributed by atoms with E-state index in [1.165, 1.54) is 18.1 Å². The Balaban J connectivity index is 2.44. The molecule has 1 heterocycles. The Bertz CT molecular complexity index is 642. The fraction of sp³-hybridized carbons (Fsp3) is 0.308. The van der Waals surface area contributed by atoms with E-state index in [-0.39, 0.29) is 17.5 Å². The predicted octanol–water partition coefficient (Wildman–Crippen LogP) is 1.58. The van der Waals surface area contributed by atoms with Gasteiger partial charge in [0.05, 0.1) is 24.6 Å². The molecule has 7 heteroatoms. The lowest BCUT2D eigenvalue weighted by Crippen LogP contribution is -2.42. The fourth-order valence-electron chi connectivity index (χ4n) is 2.11. The number of amides is 1. The third-order valence-corrected chi connectivity index (χ3v) is 4.58. The number of para-hydroxylation sites is 2. The second kappa shape index (κ2) is 5.85. The summed E-state index contributed by atoms with van der Waals surface area (Å²) in [5, 5.41) is 1.13. The number of nitrogens with zero attached hydrogens (tertiary/aromatic N) is 1. The number of carbonyl (C=O) groups is 1. The number of alkyl halides is 1. The molecule has 0 radical (unpaired) electrons. The van der Waals surface area contributed by atoms with Crippen LogP contribution < -0.4 is 9.64 Å². The van der Waals surface area contributed by atoms with E-state index in [1.54, 1.807) is 24.3 Å². The summed E-state index contributed by atoms with van der Waals surface area (Å²) >= 11 is 5.64. The Labute approximate surface area is 122 Å². The van der Waals surface area contributed by atoms with Crippen molar-refractivity contribution in [3.8, 4) is 5.75 Å². The van der Waals surface area contributed by atoms with Crippen LogP contribution in [0.4, 0.5) is 5.69 Å². The number of sulfone groups is 1. The molecule has 0 spiro atoms. The van der Waals surface area contributed by atoms with E-state index in [4.69, 9.17) is 16.3 Å². The van der Waals surface area contributed by atoms with Crippen molar-refractivity contribution in [2.75, 3.05) is 23.6 Å². The van der Waals surface area contributed by atoms with Crippen molar-refractivity contribution in [2.24, 2.45) is 0 Å². The maximum Gasteiger partial charge on any atom is 0.242 e. The molecule has 5 nitrogen and oxygen atoms in total. The second-order valence-electron chi connectivity index (χ2n) is 4.29. The van der Waals surface area contributed by atoms with Gasteiger partial charge in [-0.1, -0.05) is 12.1 Å². The molecule has 0 saturated heterocycles. The normalized spacial score (nSPS) is 19.8. The predicted molar refractivity (Wildman–Crippen MR) is 77.9 cm³/mol. The van der Waals surface area contributed by atoms with Crippen LogP contribution in [-0.4, -0.2) is 39.1 Å². The van der Waals surface area contributed by atoms with Gasteiger partial charge in [-0.2, -0.15) is 0 Å². The number of anilines is 1. The highest BCUT2D eigenvalue weighted by molar-refractivity contribution is 7.94. The van der Waals surface area contributed by atoms with Crippen molar-refractivity contribution in [3.05, 3.63) is 35.7 Å². The molecule has 1 amide bonds. The molecule has 1 aliphatic heterocycles. The highest BCUT2D eigenvalue weighted by Gasteiger charge is 2.32. The third-order valence-electron chi connectivity index (χ3n) is 2.97. The van der Waals surface area contributed by atoms with Crippen molar-refractivity contribution >= 4 is 33.0 Å². The van der Waals surface area contributed by atoms with Gasteiger partial charge < -0.3 is 4.74 Å². The first-order valence-corrected chi connectivity index (χ1v) is 8.15. The van der Waals surface area contributed by atoms with Crippen LogP contribution in [0.3, 0.4) is 0 Å². The quantitative estimate of drug-likeness (QED) is 0.791. The van der Waals surface area contributed by atoms with E-state index < -0.39 is 15.9 Å². The van der Waals surface area contributed by atoms with Crippen molar-refractivity contribution in [1.82, 2.24) is 0 Å². The Morgan fingerprint density at radius 1 is 1.45 bits per heavy atom. The van der Waals surface area contributed by atoms with Crippen LogP contribution in [0.2, 0.25) is 0 Å². The smallest absolute Gasteiger partial charge is 0.242 e. The maximum absolute atomic E-state index is 12.1. The third kappa shape index (κ3) is 2.96. The van der Waals surface area contributed by atoms with E-state index in [2.05, 4.69) is 0 Å². The van der Waals surface area contributed by atoms with Crippen LogP contribution in [-0.2, 0) is 14.6 Å². The summed E-state index contributed by atoms with van der Waals surface area (Å²) in [6.45, 7) is 0. The largest absolute Gasteiger partial charge is 0.495 e. The molecule has 1 aromatic rings. The number of ether oxygens (including phenoxy) is 1. The van der Waals surface area contributed by atoms with Crippen molar-refractivity contribution in [1.29, 1.82) is 0 Å². The zero-order valence-corrected chi connectivity index (χ0v) is 12.4. The van der Waals surface area contributed by atoms with E-state index in [0.717, 1.165) is 5.41 Å². The van der Waals surface area contributed by atoms with E-state index in [0.29, 0.717) is 11.4 Å². The zero-order valence-electron chi connectivity index (χ0n) is 10.8. The molecular formula is C13H14ClNO4S. The van der Waals surface area contributed by atoms with Gasteiger partial charge in [0, 0.05) is 5.41 Å². The number of benzene rings is 1. The summed E-state index contributed by atoms with van der Waals surface area (Å²) in [7, 11) is -1.78. The Kier molecular flexibility index (Phi) is 4.35. The lowest BCUT2D eigenvalue weighted by atomic mass is 10.2. The molecule has 1 atom stereocenters. The first-order valence-electron chi connectivity index (χ1n) is 5.90. The average molecular weight is 316 g/mol. The molecule has 0 N–H and O–H groups in total. The summed E-state index contributed by atoms with van der Waals surface area (Å²) in [4.78, 5) is 13.5. The SMILES string of the molecule is COc1ccccc1N(C(=O)CCl)[C@@H]1C=CS(=O)(=O)C1. The fourth-order valence-corrected chi connectivity index (χ4v) is 3.51. The molecule has 2 rings (SSSR count). The minimum atomic E-state index is -3.27. The number of halogens is 1. The van der Waals surface area contributed by atoms with Gasteiger partial charge in [0.15, 0.2) is 9.84 Å². The van der Waals surface area contributed by atoms with E-state index in [1.807, 2.05) is 0 Å². The van der Waals surface area contributed by atoms with Crippen LogP contribution in [0.15, 0.2) is 35.7 Å². The second-order valence-corrected chi connectivity index (χ2v) is 6.49. The lowest BCUT2D eigenvalue weighted by molar-refractivity contribution is -0.116. The monoisotopic (exact) mass is 315 g/mol. The Hall–Kier alpha value is -1.53. The average Bonchev–Trinajstić information content (AvgIpc) is 2.79. The van der Waals surface area contributed by atoms with E-state index in [9.17, 15) is 13.2 Å². The van der Waals surface area contributed by atoms with Gasteiger partial charge in [0.25, 0.3) is 0 Å². The minimum absolute atomic E-state index is 0.145. The first kappa shape index (κ1) is 14.9. The Morgan fingerprint density at radius 2 is 2.15 bits per heavy atom. The first-order chi connectivity index (χ1) is 9.48. The van der Waals surface area contributed by atoms with Gasteiger partial charge in [0.1, 0.15) is 11.6 Å². The molecular weight excluding hydrogens is 302 g/mol. The van der Waals surface area contributed by atoms with Gasteiger partial charge in [-0.25, -0.2) is 8.42 Å². The molecule has 0 saturated carbocycles. The van der Waals surface area contributed by atoms with Crippen LogP contribution >= 0.6 is 11.6 Å². The molecule has 1 aliphatic rings. The molecule has 0 aromatic heterocycles. The molecule has 108 valence electrons. The highest BCUT2D eigenvalue weighted by atomic mass is 35.5. The summed E-state index contributed by atoms with van der Waals surface area (Å²) in [5.74, 6) is -0.262. The number of hydrogen-bond acceptors (Lipinski definition) is 4. The number of hydrogen-bond donors (Lipinski definition) is 0. The van der Waals surface area contributed by atoms with Crippen molar-refractivity contribution < 1.29 is 17.9 Å². The van der Waals surface area contributed by atoms with Gasteiger partial charge in [0.2, 0.25) is 5.91 Å². The molecule has 0 aliphatic carbocycles. The maximum atomic E-state index is 12.1. The van der Waals surface area contributed by atoms with Gasteiger partial charge in [-0.3, -0.25) is 9.69 Å². The summed E-state index contributed by atoms with van der Waals surface area (Å²) in [5.41, 5.74) is 0.507. The van der Waals surface area contributed by atoms with Crippen LogP contribution in [0, 0.1) is 0 Å². The molecule has 1 aromatic carbocycles. The topological polar surface area (TPSA) is 63.7 Å². The van der Waals surface area contributed by atoms with Gasteiger partial charge in [-0.05, 0) is 18.2 Å². The molecule has 0 unspecified atom stereocenters. The zero-order chi connectivity index (χ0) is 14.8. The van der Waals surface area contributed by atoms with Crippen molar-refractivity contribution in [3.63, 3.8) is 0 Å². The Morgan fingerprint density at radius 3 is 2.70 bits per heavy atom. The van der Waals surface area contributed by atoms with Crippen LogP contribution in [0.1, 0.15) is 0 Å². The highest BCUT2D eigenvalue weighted by Crippen LogP contribution is 2.31. The minimum Gasteiger partial charge on any atom is -0.495 e. The summed E-state index contributed by atoms with van der Waals surface area (Å²) in [6, 6.07) is 6.36. The molecule has 0 bridgehead atoms. The van der Waals surface area contributed by atoms with Gasteiger partial charge >= 0.3 is 0 Å².